The Kier molecular flexibility index (Phi) is 3.85. The van der Waals surface area contributed by atoms with Crippen LogP contribution in [0.25, 0.3) is 11.0 Å². The Bertz CT molecular complexity index is 1290. The van der Waals surface area contributed by atoms with Gasteiger partial charge in [-0.25, -0.2) is 17.8 Å². The van der Waals surface area contributed by atoms with E-state index in [1.165, 1.54) is 18.2 Å². The predicted molar refractivity (Wildman–Crippen MR) is 98.4 cm³/mol. The van der Waals surface area contributed by atoms with Crippen LogP contribution >= 0.6 is 0 Å². The summed E-state index contributed by atoms with van der Waals surface area (Å²) in [6.45, 7) is 1.82. The Morgan fingerprint density at radius 2 is 1.70 bits per heavy atom. The predicted octanol–water partition coefficient (Wildman–Crippen LogP) is 2.63. The molecule has 0 aliphatic carbocycles. The van der Waals surface area contributed by atoms with Crippen LogP contribution in [0, 0.1) is 6.92 Å². The molecule has 0 saturated heterocycles. The third-order valence-electron chi connectivity index (χ3n) is 4.18. The molecule has 0 N–H and O–H groups in total. The molecule has 7 nitrogen and oxygen atoms in total. The van der Waals surface area contributed by atoms with Crippen LogP contribution < -0.4 is 5.69 Å². The number of aromatic nitrogens is 2. The standard InChI is InChI=1S/C19H14N2O5S/c1-13-6-8-15(9-7-13)27(24,25)21-11-10-20(19(21)23)18(22)17-12-14-4-2-3-5-16(14)26-17/h2-12H,1H3. The molecule has 4 aromatic rings. The average molecular weight is 382 g/mol. The van der Waals surface area contributed by atoms with E-state index in [1.807, 2.05) is 6.92 Å². The Balaban J connectivity index is 1.76. The van der Waals surface area contributed by atoms with Crippen LogP contribution in [0.2, 0.25) is 0 Å². The van der Waals surface area contributed by atoms with Gasteiger partial charge >= 0.3 is 11.6 Å². The Labute approximate surface area is 154 Å². The fraction of sp³-hybridized carbons (Fsp3) is 0.0526. The highest BCUT2D eigenvalue weighted by Gasteiger charge is 2.24. The zero-order valence-electron chi connectivity index (χ0n) is 14.2. The Hall–Kier alpha value is -3.39. The monoisotopic (exact) mass is 382 g/mol. The third kappa shape index (κ3) is 2.80. The average Bonchev–Trinajstić information content (AvgIpc) is 3.25. The minimum absolute atomic E-state index is 0.0378. The van der Waals surface area contributed by atoms with Gasteiger partial charge in [-0.3, -0.25) is 4.79 Å². The molecule has 0 aliphatic rings. The summed E-state index contributed by atoms with van der Waals surface area (Å²) in [5.74, 6) is -0.794. The van der Waals surface area contributed by atoms with Gasteiger partial charge in [0.15, 0.2) is 5.76 Å². The molecule has 136 valence electrons. The number of fused-ring (bicyclic) bond motifs is 1. The van der Waals surface area contributed by atoms with Crippen molar-refractivity contribution in [1.82, 2.24) is 8.54 Å². The van der Waals surface area contributed by atoms with Crippen LogP contribution in [-0.4, -0.2) is 22.9 Å². The van der Waals surface area contributed by atoms with Crippen molar-refractivity contribution in [1.29, 1.82) is 0 Å². The summed E-state index contributed by atoms with van der Waals surface area (Å²) in [6, 6.07) is 14.6. The quantitative estimate of drug-likeness (QED) is 0.543. The van der Waals surface area contributed by atoms with E-state index in [9.17, 15) is 18.0 Å². The van der Waals surface area contributed by atoms with Gasteiger partial charge in [0.2, 0.25) is 0 Å². The van der Waals surface area contributed by atoms with Crippen molar-refractivity contribution in [3.8, 4) is 0 Å². The second-order valence-electron chi connectivity index (χ2n) is 6.02. The smallest absolute Gasteiger partial charge is 0.349 e. The van der Waals surface area contributed by atoms with Gasteiger partial charge in [-0.1, -0.05) is 35.9 Å². The van der Waals surface area contributed by atoms with Crippen LogP contribution in [0.5, 0.6) is 0 Å². The summed E-state index contributed by atoms with van der Waals surface area (Å²) in [5.41, 5.74) is 0.403. The lowest BCUT2D eigenvalue weighted by molar-refractivity contribution is 0.0930. The highest BCUT2D eigenvalue weighted by atomic mass is 32.2. The summed E-state index contributed by atoms with van der Waals surface area (Å²) in [6.07, 6.45) is 2.17. The fourth-order valence-electron chi connectivity index (χ4n) is 2.73. The number of hydrogen-bond donors (Lipinski definition) is 0. The molecule has 27 heavy (non-hydrogen) atoms. The largest absolute Gasteiger partial charge is 0.451 e. The number of para-hydroxylation sites is 1. The van der Waals surface area contributed by atoms with E-state index in [0.717, 1.165) is 18.0 Å². The summed E-state index contributed by atoms with van der Waals surface area (Å²) < 4.78 is 32.1. The molecular formula is C19H14N2O5S. The number of aryl methyl sites for hydroxylation is 1. The number of nitrogens with zero attached hydrogens (tertiary/aromatic N) is 2. The number of furan rings is 1. The third-order valence-corrected chi connectivity index (χ3v) is 5.84. The first-order valence-electron chi connectivity index (χ1n) is 8.03. The zero-order chi connectivity index (χ0) is 19.2. The molecule has 0 aliphatic heterocycles. The van der Waals surface area contributed by atoms with Gasteiger partial charge in [0, 0.05) is 17.8 Å². The van der Waals surface area contributed by atoms with E-state index >= 15 is 0 Å². The number of hydrogen-bond acceptors (Lipinski definition) is 5. The summed E-state index contributed by atoms with van der Waals surface area (Å²) in [5, 5.41) is 0.709. The molecule has 0 saturated carbocycles. The molecule has 0 atom stereocenters. The maximum Gasteiger partial charge on any atom is 0.349 e. The minimum atomic E-state index is -4.11. The topological polar surface area (TPSA) is 91.3 Å². The second-order valence-corrected chi connectivity index (χ2v) is 7.83. The number of imidazole rings is 1. The first-order valence-corrected chi connectivity index (χ1v) is 9.47. The Morgan fingerprint density at radius 3 is 2.41 bits per heavy atom. The maximum absolute atomic E-state index is 12.7. The number of rotatable bonds is 3. The van der Waals surface area contributed by atoms with Gasteiger partial charge in [0.25, 0.3) is 10.0 Å². The molecule has 0 spiro atoms. The van der Waals surface area contributed by atoms with Crippen molar-refractivity contribution in [3.05, 3.63) is 88.8 Å². The van der Waals surface area contributed by atoms with E-state index in [2.05, 4.69) is 0 Å². The van der Waals surface area contributed by atoms with Gasteiger partial charge < -0.3 is 4.42 Å². The lowest BCUT2D eigenvalue weighted by Crippen LogP contribution is -2.32. The highest BCUT2D eigenvalue weighted by Crippen LogP contribution is 2.19. The Morgan fingerprint density at radius 1 is 1.00 bits per heavy atom. The van der Waals surface area contributed by atoms with Crippen LogP contribution in [0.3, 0.4) is 0 Å². The van der Waals surface area contributed by atoms with Gasteiger partial charge in [-0.15, -0.1) is 0 Å². The zero-order valence-corrected chi connectivity index (χ0v) is 15.0. The first kappa shape index (κ1) is 17.0. The molecule has 0 amide bonds. The molecule has 0 bridgehead atoms. The molecule has 2 heterocycles. The number of carbonyl (C=O) groups is 1. The van der Waals surface area contributed by atoms with Crippen LogP contribution in [0.4, 0.5) is 0 Å². The second kappa shape index (κ2) is 6.10. The molecular weight excluding hydrogens is 368 g/mol. The van der Waals surface area contributed by atoms with Crippen molar-refractivity contribution >= 4 is 26.9 Å². The summed E-state index contributed by atoms with van der Waals surface area (Å²) in [4.78, 5) is 25.2. The van der Waals surface area contributed by atoms with Gasteiger partial charge in [-0.2, -0.15) is 3.97 Å². The minimum Gasteiger partial charge on any atom is -0.451 e. The SMILES string of the molecule is Cc1ccc(S(=O)(=O)n2ccn(C(=O)c3cc4ccccc4o3)c2=O)cc1. The lowest BCUT2D eigenvalue weighted by Gasteiger charge is -2.04. The van der Waals surface area contributed by atoms with Gasteiger partial charge in [0.05, 0.1) is 4.90 Å². The van der Waals surface area contributed by atoms with Gasteiger partial charge in [0.1, 0.15) is 5.58 Å². The maximum atomic E-state index is 12.7. The number of benzene rings is 2. The van der Waals surface area contributed by atoms with E-state index in [4.69, 9.17) is 4.42 Å². The van der Waals surface area contributed by atoms with Gasteiger partial charge in [-0.05, 0) is 31.2 Å². The molecule has 8 heteroatoms. The molecule has 2 aromatic carbocycles. The van der Waals surface area contributed by atoms with Crippen LogP contribution in [0.15, 0.2) is 81.1 Å². The molecule has 0 fully saturated rings. The summed E-state index contributed by atoms with van der Waals surface area (Å²) in [7, 11) is -4.11. The number of carbonyl (C=O) groups excluding carboxylic acids is 1. The molecule has 2 aromatic heterocycles. The van der Waals surface area contributed by atoms with Crippen molar-refractivity contribution in [2.45, 2.75) is 11.8 Å². The molecule has 0 radical (unpaired) electrons. The molecule has 0 unspecified atom stereocenters. The fourth-order valence-corrected chi connectivity index (χ4v) is 3.94. The van der Waals surface area contributed by atoms with Crippen molar-refractivity contribution in [2.24, 2.45) is 0 Å². The molecule has 4 rings (SSSR count). The summed E-state index contributed by atoms with van der Waals surface area (Å²) >= 11 is 0. The van der Waals surface area contributed by atoms with Crippen molar-refractivity contribution in [2.75, 3.05) is 0 Å². The van der Waals surface area contributed by atoms with Crippen molar-refractivity contribution in [3.63, 3.8) is 0 Å². The normalized spacial score (nSPS) is 11.7. The van der Waals surface area contributed by atoms with E-state index in [0.29, 0.717) is 19.5 Å². The lowest BCUT2D eigenvalue weighted by atomic mass is 10.2. The van der Waals surface area contributed by atoms with Crippen molar-refractivity contribution < 1.29 is 17.6 Å². The van der Waals surface area contributed by atoms with Crippen LogP contribution in [0.1, 0.15) is 16.1 Å². The van der Waals surface area contributed by atoms with E-state index in [-0.39, 0.29) is 10.7 Å². The van der Waals surface area contributed by atoms with Crippen LogP contribution in [-0.2, 0) is 10.0 Å². The first-order chi connectivity index (χ1) is 12.9. The van der Waals surface area contributed by atoms with E-state index in [1.54, 1.807) is 36.4 Å². The highest BCUT2D eigenvalue weighted by molar-refractivity contribution is 7.90. The van der Waals surface area contributed by atoms with E-state index < -0.39 is 21.6 Å².